The predicted molar refractivity (Wildman–Crippen MR) is 151 cm³/mol. The zero-order valence-corrected chi connectivity index (χ0v) is 25.4. The van der Waals surface area contributed by atoms with Crippen molar-refractivity contribution >= 4 is 7.82 Å². The van der Waals surface area contributed by atoms with Gasteiger partial charge in [0, 0.05) is 18.4 Å². The molecule has 7 nitrogen and oxygen atoms in total. The van der Waals surface area contributed by atoms with Gasteiger partial charge in [0.05, 0.1) is 46.6 Å². The number of hydrogen-bond donors (Lipinski definition) is 1. The maximum atomic E-state index is 12.3. The minimum Gasteiger partial charge on any atom is -0.381 e. The first-order valence-electron chi connectivity index (χ1n) is 15.4. The van der Waals surface area contributed by atoms with E-state index in [9.17, 15) is 9.46 Å². The quantitative estimate of drug-likeness (QED) is 0.0787. The summed E-state index contributed by atoms with van der Waals surface area (Å²) in [7, 11) is 2.00. The highest BCUT2D eigenvalue weighted by Gasteiger charge is 2.49. The molecule has 2 fully saturated rings. The molecule has 0 aromatic rings. The molecule has 37 heavy (non-hydrogen) atoms. The van der Waals surface area contributed by atoms with E-state index in [0.717, 1.165) is 25.9 Å². The maximum absolute atomic E-state index is 12.3. The van der Waals surface area contributed by atoms with Crippen LogP contribution >= 0.6 is 7.82 Å². The first kappa shape index (κ1) is 33.2. The van der Waals surface area contributed by atoms with Crippen LogP contribution in [0.1, 0.15) is 110 Å². The molecule has 2 heterocycles. The summed E-state index contributed by atoms with van der Waals surface area (Å²) >= 11 is 0. The first-order chi connectivity index (χ1) is 17.7. The molecule has 0 radical (unpaired) electrons. The third kappa shape index (κ3) is 14.8. The maximum Gasteiger partial charge on any atom is 0.472 e. The molecule has 0 saturated carbocycles. The van der Waals surface area contributed by atoms with Crippen LogP contribution in [0.5, 0.6) is 0 Å². The zero-order chi connectivity index (χ0) is 27.0. The van der Waals surface area contributed by atoms with Gasteiger partial charge in [0.2, 0.25) is 0 Å². The van der Waals surface area contributed by atoms with E-state index in [-0.39, 0.29) is 37.3 Å². The van der Waals surface area contributed by atoms with Crippen LogP contribution in [0.25, 0.3) is 0 Å². The molecule has 0 aliphatic carbocycles. The lowest BCUT2D eigenvalue weighted by Gasteiger charge is -2.28. The van der Waals surface area contributed by atoms with Crippen LogP contribution in [0.3, 0.4) is 0 Å². The summed E-state index contributed by atoms with van der Waals surface area (Å²) in [6.45, 7) is 4.72. The van der Waals surface area contributed by atoms with Gasteiger partial charge in [-0.05, 0) is 19.3 Å². The van der Waals surface area contributed by atoms with Gasteiger partial charge in [0.1, 0.15) is 13.2 Å². The summed E-state index contributed by atoms with van der Waals surface area (Å²) in [5.41, 5.74) is 0. The first-order valence-corrected chi connectivity index (χ1v) is 16.9. The highest BCUT2D eigenvalue weighted by Crippen LogP contribution is 2.48. The van der Waals surface area contributed by atoms with Crippen LogP contribution in [-0.2, 0) is 23.1 Å². The Kier molecular flexibility index (Phi) is 16.5. The van der Waals surface area contributed by atoms with Gasteiger partial charge in [-0.1, -0.05) is 90.4 Å². The van der Waals surface area contributed by atoms with Crippen LogP contribution < -0.4 is 0 Å². The molecule has 1 N–H and O–H groups in total. The molecule has 0 aromatic heterocycles. The SMILES string of the molecule is CCCCCCCCCCCCCCCCOC[C@H]1[C@@H](COP(=O)(O)OCC[N+](C)(C)C)[C@H]2CC[C@@H]1O2. The van der Waals surface area contributed by atoms with Gasteiger partial charge in [-0.15, -0.1) is 0 Å². The lowest BCUT2D eigenvalue weighted by Crippen LogP contribution is -2.37. The van der Waals surface area contributed by atoms with Crippen molar-refractivity contribution < 1.29 is 32.5 Å². The van der Waals surface area contributed by atoms with Gasteiger partial charge in [0.15, 0.2) is 0 Å². The summed E-state index contributed by atoms with van der Waals surface area (Å²) in [4.78, 5) is 10.1. The standard InChI is InChI=1S/C29H58NO6P/c1-5-6-7-8-9-10-11-12-13-14-15-16-17-18-22-33-24-26-27(29-20-19-28(26)36-29)25-35-37(31,32)34-23-21-30(2,3)4/h26-29H,5-25H2,1-4H3/p+1/t26-,27+,28-,29+/m0/s1. The van der Waals surface area contributed by atoms with Crippen molar-refractivity contribution in [2.75, 3.05) is 54.1 Å². The Morgan fingerprint density at radius 3 is 1.73 bits per heavy atom. The summed E-state index contributed by atoms with van der Waals surface area (Å²) in [5.74, 6) is 0.328. The number of hydrogen-bond acceptors (Lipinski definition) is 5. The molecule has 0 spiro atoms. The third-order valence-corrected chi connectivity index (χ3v) is 8.97. The highest BCUT2D eigenvalue weighted by molar-refractivity contribution is 7.47. The van der Waals surface area contributed by atoms with E-state index in [2.05, 4.69) is 6.92 Å². The van der Waals surface area contributed by atoms with Crippen LogP contribution in [-0.4, -0.2) is 75.7 Å². The number of phosphoric ester groups is 1. The fourth-order valence-electron chi connectivity index (χ4n) is 5.60. The van der Waals surface area contributed by atoms with Crippen molar-refractivity contribution in [2.45, 2.75) is 122 Å². The minimum absolute atomic E-state index is 0.0950. The average Bonchev–Trinajstić information content (AvgIpc) is 3.43. The largest absolute Gasteiger partial charge is 0.472 e. The molecule has 2 saturated heterocycles. The van der Waals surface area contributed by atoms with E-state index in [1.807, 2.05) is 21.1 Å². The molecule has 2 bridgehead atoms. The van der Waals surface area contributed by atoms with Crippen molar-refractivity contribution in [2.24, 2.45) is 11.8 Å². The van der Waals surface area contributed by atoms with E-state index >= 15 is 0 Å². The number of nitrogens with zero attached hydrogens (tertiary/aromatic N) is 1. The Hall–Kier alpha value is -0.0100. The molecule has 2 aliphatic heterocycles. The molecule has 0 amide bonds. The number of phosphoric acid groups is 1. The van der Waals surface area contributed by atoms with Gasteiger partial charge in [-0.3, -0.25) is 9.05 Å². The fourth-order valence-corrected chi connectivity index (χ4v) is 6.35. The Balaban J connectivity index is 1.48. The van der Waals surface area contributed by atoms with Gasteiger partial charge in [-0.2, -0.15) is 0 Å². The van der Waals surface area contributed by atoms with E-state index in [1.165, 1.54) is 83.5 Å². The Labute approximate surface area is 228 Å². The highest BCUT2D eigenvalue weighted by atomic mass is 31.2. The van der Waals surface area contributed by atoms with Gasteiger partial charge in [0.25, 0.3) is 0 Å². The normalized spacial score (nSPS) is 25.1. The average molecular weight is 549 g/mol. The molecular formula is C29H59NO6P+. The van der Waals surface area contributed by atoms with Gasteiger partial charge in [-0.25, -0.2) is 4.57 Å². The molecule has 2 aliphatic rings. The Morgan fingerprint density at radius 2 is 1.22 bits per heavy atom. The van der Waals surface area contributed by atoms with Crippen LogP contribution in [0.4, 0.5) is 0 Å². The number of quaternary nitrogens is 1. The Morgan fingerprint density at radius 1 is 0.730 bits per heavy atom. The summed E-state index contributed by atoms with van der Waals surface area (Å²) in [6, 6.07) is 0. The monoisotopic (exact) mass is 548 g/mol. The molecule has 220 valence electrons. The number of unbranched alkanes of at least 4 members (excludes halogenated alkanes) is 13. The predicted octanol–water partition coefficient (Wildman–Crippen LogP) is 7.12. The number of ether oxygens (including phenoxy) is 2. The number of likely N-dealkylation sites (N-methyl/N-ethyl adjacent to an activating group) is 1. The second-order valence-corrected chi connectivity index (χ2v) is 13.9. The van der Waals surface area contributed by atoms with Crippen LogP contribution in [0.2, 0.25) is 0 Å². The van der Waals surface area contributed by atoms with Gasteiger partial charge < -0.3 is 18.9 Å². The van der Waals surface area contributed by atoms with Crippen LogP contribution in [0, 0.1) is 11.8 Å². The molecule has 8 heteroatoms. The lowest BCUT2D eigenvalue weighted by atomic mass is 9.80. The molecule has 0 aromatic carbocycles. The molecular weight excluding hydrogens is 489 g/mol. The van der Waals surface area contributed by atoms with E-state index in [4.69, 9.17) is 18.5 Å². The number of fused-ring (bicyclic) bond motifs is 2. The van der Waals surface area contributed by atoms with Crippen molar-refractivity contribution in [1.29, 1.82) is 0 Å². The summed E-state index contributed by atoms with van der Waals surface area (Å²) in [5, 5.41) is 0. The fraction of sp³-hybridized carbons (Fsp3) is 1.00. The van der Waals surface area contributed by atoms with Crippen molar-refractivity contribution in [1.82, 2.24) is 0 Å². The molecule has 2 rings (SSSR count). The topological polar surface area (TPSA) is 74.2 Å². The summed E-state index contributed by atoms with van der Waals surface area (Å²) < 4.78 is 35.7. The minimum atomic E-state index is -4.05. The van der Waals surface area contributed by atoms with Crippen LogP contribution in [0.15, 0.2) is 0 Å². The summed E-state index contributed by atoms with van der Waals surface area (Å²) in [6.07, 6.45) is 21.3. The second kappa shape index (κ2) is 18.4. The Bertz CT molecular complexity index is 628. The molecule has 5 atom stereocenters. The number of rotatable bonds is 24. The van der Waals surface area contributed by atoms with E-state index in [1.54, 1.807) is 0 Å². The van der Waals surface area contributed by atoms with Crippen molar-refractivity contribution in [3.63, 3.8) is 0 Å². The lowest BCUT2D eigenvalue weighted by molar-refractivity contribution is -0.870. The van der Waals surface area contributed by atoms with E-state index < -0.39 is 7.82 Å². The van der Waals surface area contributed by atoms with Crippen molar-refractivity contribution in [3.8, 4) is 0 Å². The van der Waals surface area contributed by atoms with Gasteiger partial charge >= 0.3 is 7.82 Å². The van der Waals surface area contributed by atoms with Crippen molar-refractivity contribution in [3.05, 3.63) is 0 Å². The van der Waals surface area contributed by atoms with E-state index in [0.29, 0.717) is 17.6 Å². The third-order valence-electron chi connectivity index (χ3n) is 7.99. The smallest absolute Gasteiger partial charge is 0.381 e. The zero-order valence-electron chi connectivity index (χ0n) is 24.5. The second-order valence-electron chi connectivity index (χ2n) is 12.4. The molecule has 1 unspecified atom stereocenters.